The molecular formula is C11H23NO4Si. The molecule has 2 unspecified atom stereocenters. The molecule has 0 bridgehead atoms. The van der Waals surface area contributed by atoms with Crippen molar-refractivity contribution in [2.24, 2.45) is 0 Å². The number of nitrogens with zero attached hydrogens (tertiary/aromatic N) is 1. The second-order valence-corrected chi connectivity index (χ2v) is 8.43. The highest BCUT2D eigenvalue weighted by molar-refractivity contribution is 6.67. The highest BCUT2D eigenvalue weighted by Crippen LogP contribution is 2.27. The molecule has 0 aliphatic carbocycles. The lowest BCUT2D eigenvalue weighted by molar-refractivity contribution is 0.112. The average molecular weight is 261 g/mol. The average Bonchev–Trinajstić information content (AvgIpc) is 3.23. The maximum atomic E-state index is 5.61. The smallest absolute Gasteiger partial charge is 0.337 e. The van der Waals surface area contributed by atoms with Gasteiger partial charge in [-0.25, -0.2) is 4.90 Å². The molecule has 17 heavy (non-hydrogen) atoms. The Balaban J connectivity index is 1.73. The summed E-state index contributed by atoms with van der Waals surface area (Å²) in [6.45, 7) is 4.86. The van der Waals surface area contributed by atoms with Crippen LogP contribution >= 0.6 is 0 Å². The lowest BCUT2D eigenvalue weighted by Crippen LogP contribution is -2.40. The van der Waals surface area contributed by atoms with Crippen LogP contribution in [0.5, 0.6) is 0 Å². The van der Waals surface area contributed by atoms with Gasteiger partial charge < -0.3 is 18.3 Å². The van der Waals surface area contributed by atoms with Crippen LogP contribution in [0.2, 0.25) is 12.1 Å². The minimum atomic E-state index is -1.92. The molecule has 100 valence electrons. The molecule has 5 nitrogen and oxygen atoms in total. The number of hydrogen-bond acceptors (Lipinski definition) is 5. The van der Waals surface area contributed by atoms with Gasteiger partial charge in [0.05, 0.1) is 13.2 Å². The van der Waals surface area contributed by atoms with E-state index < -0.39 is 8.56 Å². The SMILES string of the molecule is CC[Si](CCCN(C1CO1)C1CO1)(OC)OC. The van der Waals surface area contributed by atoms with Crippen LogP contribution in [0.1, 0.15) is 13.3 Å². The molecule has 2 fully saturated rings. The van der Waals surface area contributed by atoms with Crippen molar-refractivity contribution in [1.29, 1.82) is 0 Å². The molecule has 0 amide bonds. The summed E-state index contributed by atoms with van der Waals surface area (Å²) in [4.78, 5) is 2.31. The fraction of sp³-hybridized carbons (Fsp3) is 1.00. The minimum Gasteiger partial charge on any atom is -0.398 e. The Hall–Kier alpha value is 0.0169. The van der Waals surface area contributed by atoms with Crippen LogP contribution in [0.25, 0.3) is 0 Å². The summed E-state index contributed by atoms with van der Waals surface area (Å²) in [5.74, 6) is 0. The largest absolute Gasteiger partial charge is 0.398 e. The molecule has 2 saturated heterocycles. The van der Waals surface area contributed by atoms with E-state index in [9.17, 15) is 0 Å². The predicted octanol–water partition coefficient (Wildman–Crippen LogP) is 1.15. The molecule has 0 N–H and O–H groups in total. The molecule has 2 heterocycles. The van der Waals surface area contributed by atoms with Crippen molar-refractivity contribution in [1.82, 2.24) is 4.90 Å². The molecule has 0 aromatic heterocycles. The first-order valence-corrected chi connectivity index (χ1v) is 8.57. The molecule has 2 rings (SSSR count). The Kier molecular flexibility index (Phi) is 4.57. The van der Waals surface area contributed by atoms with Gasteiger partial charge in [-0.1, -0.05) is 6.92 Å². The zero-order chi connectivity index (χ0) is 12.3. The topological polar surface area (TPSA) is 46.8 Å². The fourth-order valence-electron chi connectivity index (χ4n) is 2.23. The summed E-state index contributed by atoms with van der Waals surface area (Å²) in [6, 6.07) is 2.03. The van der Waals surface area contributed by atoms with E-state index >= 15 is 0 Å². The molecule has 2 aliphatic heterocycles. The third-order valence-corrected chi connectivity index (χ3v) is 7.31. The molecule has 0 saturated carbocycles. The van der Waals surface area contributed by atoms with Crippen LogP contribution in [0.3, 0.4) is 0 Å². The first kappa shape index (κ1) is 13.4. The van der Waals surface area contributed by atoms with Crippen LogP contribution in [0.15, 0.2) is 0 Å². The van der Waals surface area contributed by atoms with Crippen molar-refractivity contribution in [3.63, 3.8) is 0 Å². The van der Waals surface area contributed by atoms with Crippen molar-refractivity contribution >= 4 is 8.56 Å². The van der Waals surface area contributed by atoms with E-state index in [1.807, 2.05) is 0 Å². The summed E-state index contributed by atoms with van der Waals surface area (Å²) in [6.07, 6.45) is 1.68. The van der Waals surface area contributed by atoms with Crippen LogP contribution in [-0.2, 0) is 18.3 Å². The van der Waals surface area contributed by atoms with E-state index in [1.165, 1.54) is 0 Å². The maximum Gasteiger partial charge on any atom is 0.337 e. The second kappa shape index (κ2) is 5.77. The van der Waals surface area contributed by atoms with Gasteiger partial charge in [0.15, 0.2) is 0 Å². The molecule has 0 spiro atoms. The van der Waals surface area contributed by atoms with Crippen molar-refractivity contribution in [3.05, 3.63) is 0 Å². The van der Waals surface area contributed by atoms with Gasteiger partial charge in [0.1, 0.15) is 12.5 Å². The minimum absolute atomic E-state index is 0.297. The van der Waals surface area contributed by atoms with Gasteiger partial charge in [-0.05, 0) is 18.5 Å². The number of hydrogen-bond donors (Lipinski definition) is 0. The molecular weight excluding hydrogens is 238 g/mol. The van der Waals surface area contributed by atoms with Crippen molar-refractivity contribution < 1.29 is 18.3 Å². The normalized spacial score (nSPS) is 27.5. The summed E-state index contributed by atoms with van der Waals surface area (Å²) < 4.78 is 21.9. The zero-order valence-electron chi connectivity index (χ0n) is 11.0. The Bertz CT molecular complexity index is 221. The lowest BCUT2D eigenvalue weighted by Gasteiger charge is -2.27. The van der Waals surface area contributed by atoms with Crippen LogP contribution in [0.4, 0.5) is 0 Å². The first-order chi connectivity index (χ1) is 8.24. The number of epoxide rings is 2. The van der Waals surface area contributed by atoms with E-state index in [1.54, 1.807) is 14.2 Å². The van der Waals surface area contributed by atoms with Gasteiger partial charge in [-0.15, -0.1) is 0 Å². The Morgan fingerprint density at radius 2 is 1.71 bits per heavy atom. The monoisotopic (exact) mass is 261 g/mol. The summed E-state index contributed by atoms with van der Waals surface area (Å²) in [7, 11) is 1.62. The predicted molar refractivity (Wildman–Crippen MR) is 65.9 cm³/mol. The van der Waals surface area contributed by atoms with Gasteiger partial charge in [0.25, 0.3) is 0 Å². The summed E-state index contributed by atoms with van der Waals surface area (Å²) in [5.41, 5.74) is 0. The summed E-state index contributed by atoms with van der Waals surface area (Å²) >= 11 is 0. The van der Waals surface area contributed by atoms with Gasteiger partial charge in [0.2, 0.25) is 0 Å². The molecule has 6 heteroatoms. The maximum absolute atomic E-state index is 5.61. The number of ether oxygens (including phenoxy) is 2. The highest BCUT2D eigenvalue weighted by Gasteiger charge is 2.42. The van der Waals surface area contributed by atoms with Gasteiger partial charge in [-0.2, -0.15) is 0 Å². The lowest BCUT2D eigenvalue weighted by atomic mass is 10.4. The molecule has 2 atom stereocenters. The van der Waals surface area contributed by atoms with E-state index in [0.717, 1.165) is 38.3 Å². The Morgan fingerprint density at radius 1 is 1.18 bits per heavy atom. The van der Waals surface area contributed by atoms with Crippen molar-refractivity contribution in [3.8, 4) is 0 Å². The van der Waals surface area contributed by atoms with E-state index in [0.29, 0.717) is 12.5 Å². The van der Waals surface area contributed by atoms with Crippen LogP contribution < -0.4 is 0 Å². The zero-order valence-corrected chi connectivity index (χ0v) is 12.0. The Labute approximate surface area is 104 Å². The van der Waals surface area contributed by atoms with Gasteiger partial charge >= 0.3 is 8.56 Å². The number of rotatable bonds is 9. The van der Waals surface area contributed by atoms with E-state index in [4.69, 9.17) is 18.3 Å². The third-order valence-electron chi connectivity index (χ3n) is 3.63. The van der Waals surface area contributed by atoms with E-state index in [2.05, 4.69) is 11.8 Å². The quantitative estimate of drug-likeness (QED) is 0.460. The van der Waals surface area contributed by atoms with Gasteiger partial charge in [-0.3, -0.25) is 0 Å². The Morgan fingerprint density at radius 3 is 2.06 bits per heavy atom. The first-order valence-electron chi connectivity index (χ1n) is 6.34. The van der Waals surface area contributed by atoms with Crippen molar-refractivity contribution in [2.45, 2.75) is 37.9 Å². The van der Waals surface area contributed by atoms with Crippen molar-refractivity contribution in [2.75, 3.05) is 34.0 Å². The molecule has 0 radical (unpaired) electrons. The van der Waals surface area contributed by atoms with E-state index in [-0.39, 0.29) is 0 Å². The van der Waals surface area contributed by atoms with Gasteiger partial charge in [0, 0.05) is 20.8 Å². The van der Waals surface area contributed by atoms with Crippen LogP contribution in [-0.4, -0.2) is 59.9 Å². The van der Waals surface area contributed by atoms with Crippen LogP contribution in [0, 0.1) is 0 Å². The standard InChI is InChI=1S/C11H23NO4Si/c1-4-17(13-2,14-3)7-5-6-12(10-8-15-10)11-9-16-11/h10-11H,4-9H2,1-3H3. The second-order valence-electron chi connectivity index (χ2n) is 4.59. The fourth-order valence-corrected chi connectivity index (χ4v) is 4.43. The molecule has 0 aromatic carbocycles. The third kappa shape index (κ3) is 3.49. The summed E-state index contributed by atoms with van der Waals surface area (Å²) in [5, 5.41) is 0. The molecule has 0 aromatic rings. The highest BCUT2D eigenvalue weighted by atomic mass is 28.4. The molecule has 2 aliphatic rings.